The van der Waals surface area contributed by atoms with Crippen LogP contribution in [-0.2, 0) is 6.42 Å². The molecule has 1 N–H and O–H groups in total. The molecular formula is C20H21FN4O2. The molecule has 0 atom stereocenters. The third-order valence-electron chi connectivity index (χ3n) is 4.22. The Bertz CT molecular complexity index is 939. The minimum atomic E-state index is -0.352. The first kappa shape index (κ1) is 18.6. The number of hydrogen-bond donors (Lipinski definition) is 1. The summed E-state index contributed by atoms with van der Waals surface area (Å²) < 4.78 is 20.1. The first-order valence-corrected chi connectivity index (χ1v) is 8.63. The van der Waals surface area contributed by atoms with E-state index in [-0.39, 0.29) is 11.7 Å². The number of ether oxygens (including phenoxy) is 1. The van der Waals surface area contributed by atoms with Crippen molar-refractivity contribution in [3.63, 3.8) is 0 Å². The molecule has 3 rings (SSSR count). The van der Waals surface area contributed by atoms with Crippen LogP contribution in [0.1, 0.15) is 28.0 Å². The lowest BCUT2D eigenvalue weighted by Gasteiger charge is -2.11. The number of halogens is 1. The van der Waals surface area contributed by atoms with Crippen LogP contribution in [0.2, 0.25) is 0 Å². The van der Waals surface area contributed by atoms with Gasteiger partial charge < -0.3 is 10.1 Å². The minimum absolute atomic E-state index is 0.210. The maximum absolute atomic E-state index is 13.1. The van der Waals surface area contributed by atoms with Crippen LogP contribution in [0.25, 0.3) is 5.69 Å². The topological polar surface area (TPSA) is 69.0 Å². The predicted molar refractivity (Wildman–Crippen MR) is 99.7 cm³/mol. The SMILES string of the molecule is COc1ccc(-n2cncc2C(=O)NCCCc2cncc(F)c2)cc1C. The van der Waals surface area contributed by atoms with E-state index < -0.39 is 0 Å². The lowest BCUT2D eigenvalue weighted by Crippen LogP contribution is -2.26. The third-order valence-corrected chi connectivity index (χ3v) is 4.22. The molecule has 0 radical (unpaired) electrons. The number of rotatable bonds is 7. The molecule has 1 amide bonds. The van der Waals surface area contributed by atoms with Gasteiger partial charge in [-0.3, -0.25) is 14.3 Å². The van der Waals surface area contributed by atoms with Crippen LogP contribution in [0.4, 0.5) is 4.39 Å². The summed E-state index contributed by atoms with van der Waals surface area (Å²) in [5, 5.41) is 2.88. The summed E-state index contributed by atoms with van der Waals surface area (Å²) in [6, 6.07) is 7.13. The van der Waals surface area contributed by atoms with Gasteiger partial charge in [0.15, 0.2) is 0 Å². The van der Waals surface area contributed by atoms with E-state index in [1.165, 1.54) is 18.5 Å². The predicted octanol–water partition coefficient (Wildman–Crippen LogP) is 3.09. The molecule has 2 aromatic heterocycles. The number of nitrogens with one attached hydrogen (secondary N) is 1. The van der Waals surface area contributed by atoms with Crippen molar-refractivity contribution in [3.8, 4) is 11.4 Å². The molecule has 140 valence electrons. The third kappa shape index (κ3) is 4.49. The number of amides is 1. The molecular weight excluding hydrogens is 347 g/mol. The first-order chi connectivity index (χ1) is 13.1. The van der Waals surface area contributed by atoms with Crippen LogP contribution in [0.3, 0.4) is 0 Å². The molecule has 0 aliphatic heterocycles. The Labute approximate surface area is 157 Å². The van der Waals surface area contributed by atoms with Crippen LogP contribution in [0.5, 0.6) is 5.75 Å². The summed E-state index contributed by atoms with van der Waals surface area (Å²) in [6.45, 7) is 2.42. The van der Waals surface area contributed by atoms with Gasteiger partial charge in [0.2, 0.25) is 0 Å². The Hall–Kier alpha value is -3.22. The molecule has 2 heterocycles. The van der Waals surface area contributed by atoms with Gasteiger partial charge in [0.25, 0.3) is 5.91 Å². The average Bonchev–Trinajstić information content (AvgIpc) is 3.15. The van der Waals surface area contributed by atoms with E-state index in [1.807, 2.05) is 25.1 Å². The second kappa shape index (κ2) is 8.44. The Morgan fingerprint density at radius 2 is 2.07 bits per heavy atom. The number of aromatic nitrogens is 3. The number of aryl methyl sites for hydroxylation is 2. The van der Waals surface area contributed by atoms with Gasteiger partial charge in [-0.2, -0.15) is 0 Å². The number of pyridine rings is 1. The van der Waals surface area contributed by atoms with E-state index in [0.29, 0.717) is 25.1 Å². The van der Waals surface area contributed by atoms with Crippen molar-refractivity contribution in [2.24, 2.45) is 0 Å². The maximum atomic E-state index is 13.1. The fourth-order valence-corrected chi connectivity index (χ4v) is 2.86. The molecule has 0 aliphatic rings. The maximum Gasteiger partial charge on any atom is 0.269 e. The van der Waals surface area contributed by atoms with Gasteiger partial charge in [-0.15, -0.1) is 0 Å². The van der Waals surface area contributed by atoms with Crippen molar-refractivity contribution >= 4 is 5.91 Å². The van der Waals surface area contributed by atoms with Gasteiger partial charge in [0.1, 0.15) is 17.3 Å². The summed E-state index contributed by atoms with van der Waals surface area (Å²) in [6.07, 6.45) is 7.27. The van der Waals surface area contributed by atoms with Gasteiger partial charge in [0, 0.05) is 18.4 Å². The van der Waals surface area contributed by atoms with Crippen LogP contribution < -0.4 is 10.1 Å². The van der Waals surface area contributed by atoms with Gasteiger partial charge in [-0.1, -0.05) is 0 Å². The number of carbonyl (C=O) groups excluding carboxylic acids is 1. The van der Waals surface area contributed by atoms with Gasteiger partial charge in [0.05, 0.1) is 25.8 Å². The van der Waals surface area contributed by atoms with Crippen molar-refractivity contribution in [2.45, 2.75) is 19.8 Å². The van der Waals surface area contributed by atoms with E-state index >= 15 is 0 Å². The molecule has 0 saturated heterocycles. The van der Waals surface area contributed by atoms with Crippen molar-refractivity contribution < 1.29 is 13.9 Å². The van der Waals surface area contributed by atoms with E-state index in [2.05, 4.69) is 15.3 Å². The highest BCUT2D eigenvalue weighted by atomic mass is 19.1. The molecule has 1 aromatic carbocycles. The highest BCUT2D eigenvalue weighted by Gasteiger charge is 2.13. The Morgan fingerprint density at radius 3 is 2.81 bits per heavy atom. The molecule has 6 nitrogen and oxygen atoms in total. The van der Waals surface area contributed by atoms with Crippen LogP contribution in [0.15, 0.2) is 49.2 Å². The smallest absolute Gasteiger partial charge is 0.269 e. The van der Waals surface area contributed by atoms with E-state index in [4.69, 9.17) is 4.74 Å². The Balaban J connectivity index is 1.61. The lowest BCUT2D eigenvalue weighted by molar-refractivity contribution is 0.0946. The number of hydrogen-bond acceptors (Lipinski definition) is 4. The summed E-state index contributed by atoms with van der Waals surface area (Å²) in [5.41, 5.74) is 3.07. The first-order valence-electron chi connectivity index (χ1n) is 8.63. The molecule has 0 aliphatic carbocycles. The summed E-state index contributed by atoms with van der Waals surface area (Å²) >= 11 is 0. The monoisotopic (exact) mass is 368 g/mol. The minimum Gasteiger partial charge on any atom is -0.496 e. The van der Waals surface area contributed by atoms with Crippen LogP contribution in [0, 0.1) is 12.7 Å². The molecule has 0 spiro atoms. The normalized spacial score (nSPS) is 10.6. The summed E-state index contributed by atoms with van der Waals surface area (Å²) in [4.78, 5) is 20.4. The van der Waals surface area contributed by atoms with Crippen molar-refractivity contribution in [1.82, 2.24) is 19.9 Å². The van der Waals surface area contributed by atoms with E-state index in [9.17, 15) is 9.18 Å². The fourth-order valence-electron chi connectivity index (χ4n) is 2.86. The Morgan fingerprint density at radius 1 is 1.22 bits per heavy atom. The Kier molecular flexibility index (Phi) is 5.80. The zero-order chi connectivity index (χ0) is 19.2. The lowest BCUT2D eigenvalue weighted by atomic mass is 10.1. The van der Waals surface area contributed by atoms with Crippen molar-refractivity contribution in [2.75, 3.05) is 13.7 Å². The fraction of sp³-hybridized carbons (Fsp3) is 0.250. The average molecular weight is 368 g/mol. The van der Waals surface area contributed by atoms with E-state index in [1.54, 1.807) is 24.2 Å². The number of imidazole rings is 1. The number of carbonyl (C=O) groups is 1. The molecule has 0 fully saturated rings. The van der Waals surface area contributed by atoms with Crippen LogP contribution >= 0.6 is 0 Å². The molecule has 0 saturated carbocycles. The van der Waals surface area contributed by atoms with Crippen molar-refractivity contribution in [3.05, 3.63) is 71.8 Å². The second-order valence-corrected chi connectivity index (χ2v) is 6.17. The number of benzene rings is 1. The molecule has 27 heavy (non-hydrogen) atoms. The van der Waals surface area contributed by atoms with Gasteiger partial charge in [-0.05, 0) is 55.2 Å². The summed E-state index contributed by atoms with van der Waals surface area (Å²) in [5.74, 6) is 0.227. The van der Waals surface area contributed by atoms with Crippen LogP contribution in [-0.4, -0.2) is 34.1 Å². The quantitative estimate of drug-likeness (QED) is 0.651. The highest BCUT2D eigenvalue weighted by molar-refractivity contribution is 5.93. The largest absolute Gasteiger partial charge is 0.496 e. The molecule has 7 heteroatoms. The molecule has 0 bridgehead atoms. The highest BCUT2D eigenvalue weighted by Crippen LogP contribution is 2.21. The van der Waals surface area contributed by atoms with Gasteiger partial charge in [-0.25, -0.2) is 9.37 Å². The number of nitrogens with zero attached hydrogens (tertiary/aromatic N) is 3. The van der Waals surface area contributed by atoms with Gasteiger partial charge >= 0.3 is 0 Å². The standard InChI is InChI=1S/C20H21FN4O2/c1-14-8-17(5-6-19(14)27-2)25-13-23-12-18(25)20(26)24-7-3-4-15-9-16(21)11-22-10-15/h5-6,8-13H,3-4,7H2,1-2H3,(H,24,26). The summed E-state index contributed by atoms with van der Waals surface area (Å²) in [7, 11) is 1.62. The molecule has 0 unspecified atom stereocenters. The molecule has 3 aromatic rings. The van der Waals surface area contributed by atoms with Crippen molar-refractivity contribution in [1.29, 1.82) is 0 Å². The second-order valence-electron chi connectivity index (χ2n) is 6.17. The number of methoxy groups -OCH3 is 1. The zero-order valence-corrected chi connectivity index (χ0v) is 15.3. The zero-order valence-electron chi connectivity index (χ0n) is 15.3. The van der Waals surface area contributed by atoms with E-state index in [0.717, 1.165) is 22.6 Å².